The van der Waals surface area contributed by atoms with Crippen molar-refractivity contribution in [3.05, 3.63) is 12.4 Å². The number of imidazole rings is 1. The molecule has 0 unspecified atom stereocenters. The molecule has 0 atom stereocenters. The van der Waals surface area contributed by atoms with Crippen molar-refractivity contribution in [2.75, 3.05) is 18.8 Å². The second-order valence-electron chi connectivity index (χ2n) is 4.34. The molecular formula is C11H17N3O2S. The van der Waals surface area contributed by atoms with Gasteiger partial charge in [0.15, 0.2) is 5.16 Å². The van der Waals surface area contributed by atoms with Gasteiger partial charge >= 0.3 is 6.09 Å². The van der Waals surface area contributed by atoms with Crippen molar-refractivity contribution < 1.29 is 9.90 Å². The van der Waals surface area contributed by atoms with E-state index in [0.717, 1.165) is 23.8 Å². The molecule has 0 bridgehead atoms. The van der Waals surface area contributed by atoms with Gasteiger partial charge in [0.1, 0.15) is 0 Å². The van der Waals surface area contributed by atoms with E-state index in [4.69, 9.17) is 5.11 Å². The summed E-state index contributed by atoms with van der Waals surface area (Å²) in [5, 5.41) is 9.88. The molecule has 2 heterocycles. The van der Waals surface area contributed by atoms with Gasteiger partial charge in [0.2, 0.25) is 0 Å². The molecule has 1 N–H and O–H groups in total. The number of piperidine rings is 1. The summed E-state index contributed by atoms with van der Waals surface area (Å²) in [6.45, 7) is 1.34. The minimum atomic E-state index is -0.791. The van der Waals surface area contributed by atoms with Gasteiger partial charge in [-0.1, -0.05) is 11.8 Å². The van der Waals surface area contributed by atoms with Crippen molar-refractivity contribution in [3.8, 4) is 0 Å². The molecule has 1 aliphatic heterocycles. The largest absolute Gasteiger partial charge is 0.465 e. The van der Waals surface area contributed by atoms with Crippen molar-refractivity contribution >= 4 is 17.9 Å². The van der Waals surface area contributed by atoms with Crippen molar-refractivity contribution in [3.63, 3.8) is 0 Å². The van der Waals surface area contributed by atoms with Crippen LogP contribution in [-0.4, -0.2) is 44.5 Å². The Balaban J connectivity index is 1.75. The Labute approximate surface area is 105 Å². The number of aryl methyl sites for hydroxylation is 1. The Morgan fingerprint density at radius 2 is 2.29 bits per heavy atom. The highest BCUT2D eigenvalue weighted by molar-refractivity contribution is 7.99. The maximum Gasteiger partial charge on any atom is 0.407 e. The average Bonchev–Trinajstić information content (AvgIpc) is 2.73. The topological polar surface area (TPSA) is 58.4 Å². The Bertz CT molecular complexity index is 386. The first kappa shape index (κ1) is 12.3. The average molecular weight is 255 g/mol. The molecule has 1 aromatic rings. The maximum atomic E-state index is 10.8. The Morgan fingerprint density at radius 1 is 1.59 bits per heavy atom. The first-order valence-electron chi connectivity index (χ1n) is 5.75. The lowest BCUT2D eigenvalue weighted by molar-refractivity contribution is 0.127. The Kier molecular flexibility index (Phi) is 3.93. The van der Waals surface area contributed by atoms with Crippen LogP contribution in [-0.2, 0) is 7.05 Å². The van der Waals surface area contributed by atoms with Crippen LogP contribution in [0.5, 0.6) is 0 Å². The highest BCUT2D eigenvalue weighted by atomic mass is 32.2. The van der Waals surface area contributed by atoms with Crippen LogP contribution in [0.15, 0.2) is 17.6 Å². The lowest BCUT2D eigenvalue weighted by Crippen LogP contribution is -2.37. The number of carbonyl (C=O) groups is 1. The van der Waals surface area contributed by atoms with E-state index in [1.165, 1.54) is 4.90 Å². The zero-order valence-corrected chi connectivity index (χ0v) is 10.7. The third-order valence-electron chi connectivity index (χ3n) is 3.11. The first-order chi connectivity index (χ1) is 8.16. The van der Waals surface area contributed by atoms with Gasteiger partial charge in [0, 0.05) is 38.3 Å². The Morgan fingerprint density at radius 3 is 2.82 bits per heavy atom. The predicted octanol–water partition coefficient (Wildman–Crippen LogP) is 1.90. The van der Waals surface area contributed by atoms with Crippen molar-refractivity contribution in [1.82, 2.24) is 14.5 Å². The van der Waals surface area contributed by atoms with Crippen molar-refractivity contribution in [2.45, 2.75) is 18.0 Å². The van der Waals surface area contributed by atoms with E-state index >= 15 is 0 Å². The maximum absolute atomic E-state index is 10.8. The quantitative estimate of drug-likeness (QED) is 0.838. The summed E-state index contributed by atoms with van der Waals surface area (Å²) >= 11 is 1.76. The second-order valence-corrected chi connectivity index (χ2v) is 5.33. The number of carboxylic acid groups (broad SMARTS) is 1. The molecule has 1 amide bonds. The molecule has 94 valence electrons. The fraction of sp³-hybridized carbons (Fsp3) is 0.636. The minimum Gasteiger partial charge on any atom is -0.465 e. The normalized spacial score (nSPS) is 17.4. The summed E-state index contributed by atoms with van der Waals surface area (Å²) < 4.78 is 2.01. The molecule has 6 heteroatoms. The summed E-state index contributed by atoms with van der Waals surface area (Å²) in [5.41, 5.74) is 0. The van der Waals surface area contributed by atoms with Gasteiger partial charge in [0.25, 0.3) is 0 Å². The zero-order valence-electron chi connectivity index (χ0n) is 9.87. The van der Waals surface area contributed by atoms with Crippen molar-refractivity contribution in [1.29, 1.82) is 0 Å². The van der Waals surface area contributed by atoms with Crippen LogP contribution in [0.25, 0.3) is 0 Å². The fourth-order valence-electron chi connectivity index (χ4n) is 1.97. The summed E-state index contributed by atoms with van der Waals surface area (Å²) in [5.74, 6) is 1.63. The van der Waals surface area contributed by atoms with Crippen LogP contribution in [0.4, 0.5) is 4.79 Å². The number of amides is 1. The van der Waals surface area contributed by atoms with Gasteiger partial charge in [-0.05, 0) is 18.8 Å². The molecular weight excluding hydrogens is 238 g/mol. The number of nitrogens with zero attached hydrogens (tertiary/aromatic N) is 3. The molecule has 0 radical (unpaired) electrons. The van der Waals surface area contributed by atoms with Gasteiger partial charge in [-0.15, -0.1) is 0 Å². The number of hydrogen-bond donors (Lipinski definition) is 1. The first-order valence-corrected chi connectivity index (χ1v) is 6.73. The van der Waals surface area contributed by atoms with Gasteiger partial charge < -0.3 is 14.6 Å². The molecule has 1 aromatic heterocycles. The third-order valence-corrected chi connectivity index (χ3v) is 4.40. The smallest absolute Gasteiger partial charge is 0.407 e. The predicted molar refractivity (Wildman–Crippen MR) is 66.3 cm³/mol. The summed E-state index contributed by atoms with van der Waals surface area (Å²) in [4.78, 5) is 16.5. The highest BCUT2D eigenvalue weighted by Gasteiger charge is 2.22. The molecule has 0 aliphatic carbocycles. The van der Waals surface area contributed by atoms with Gasteiger partial charge in [0.05, 0.1) is 0 Å². The molecule has 0 aromatic carbocycles. The van der Waals surface area contributed by atoms with Gasteiger partial charge in [-0.25, -0.2) is 9.78 Å². The number of likely N-dealkylation sites (tertiary alicyclic amines) is 1. The monoisotopic (exact) mass is 255 g/mol. The van der Waals surface area contributed by atoms with Crippen LogP contribution in [0, 0.1) is 5.92 Å². The molecule has 1 fully saturated rings. The van der Waals surface area contributed by atoms with E-state index in [0.29, 0.717) is 19.0 Å². The minimum absolute atomic E-state index is 0.604. The number of aromatic nitrogens is 2. The van der Waals surface area contributed by atoms with E-state index in [1.54, 1.807) is 18.0 Å². The van der Waals surface area contributed by atoms with Crippen LogP contribution in [0.3, 0.4) is 0 Å². The molecule has 5 nitrogen and oxygen atoms in total. The third kappa shape index (κ3) is 3.15. The van der Waals surface area contributed by atoms with E-state index < -0.39 is 6.09 Å². The highest BCUT2D eigenvalue weighted by Crippen LogP contribution is 2.25. The fourth-order valence-corrected chi connectivity index (χ4v) is 3.09. The van der Waals surface area contributed by atoms with Gasteiger partial charge in [-0.2, -0.15) is 0 Å². The molecule has 0 saturated carbocycles. The summed E-state index contributed by atoms with van der Waals surface area (Å²) in [7, 11) is 1.99. The molecule has 2 rings (SSSR count). The number of rotatable bonds is 3. The summed E-state index contributed by atoms with van der Waals surface area (Å²) in [6, 6.07) is 0. The van der Waals surface area contributed by atoms with E-state index in [2.05, 4.69) is 4.98 Å². The molecule has 17 heavy (non-hydrogen) atoms. The Hall–Kier alpha value is -1.17. The van der Waals surface area contributed by atoms with Crippen LogP contribution in [0.2, 0.25) is 0 Å². The van der Waals surface area contributed by atoms with Gasteiger partial charge in [-0.3, -0.25) is 0 Å². The van der Waals surface area contributed by atoms with Crippen LogP contribution in [0.1, 0.15) is 12.8 Å². The van der Waals surface area contributed by atoms with E-state index in [9.17, 15) is 4.79 Å². The lowest BCUT2D eigenvalue weighted by atomic mass is 9.99. The standard InChI is InChI=1S/C11H17N3O2S/c1-13-7-4-12-10(13)17-8-9-2-5-14(6-3-9)11(15)16/h4,7,9H,2-3,5-6,8H2,1H3,(H,15,16). The zero-order chi connectivity index (χ0) is 12.3. The molecule has 1 aliphatic rings. The lowest BCUT2D eigenvalue weighted by Gasteiger charge is -2.29. The molecule has 1 saturated heterocycles. The molecule has 0 spiro atoms. The second kappa shape index (κ2) is 5.44. The van der Waals surface area contributed by atoms with E-state index in [1.807, 2.05) is 17.8 Å². The van der Waals surface area contributed by atoms with Crippen molar-refractivity contribution in [2.24, 2.45) is 13.0 Å². The van der Waals surface area contributed by atoms with E-state index in [-0.39, 0.29) is 0 Å². The SMILES string of the molecule is Cn1ccnc1SCC1CCN(C(=O)O)CC1. The van der Waals surface area contributed by atoms with Crippen LogP contribution >= 0.6 is 11.8 Å². The van der Waals surface area contributed by atoms with Crippen LogP contribution < -0.4 is 0 Å². The number of thioether (sulfide) groups is 1. The number of hydrogen-bond acceptors (Lipinski definition) is 3. The summed E-state index contributed by atoms with van der Waals surface area (Å²) in [6.07, 6.45) is 4.87.